The molecule has 0 fully saturated rings. The smallest absolute Gasteiger partial charge is 0.326 e. The van der Waals surface area contributed by atoms with Crippen LogP contribution in [0.3, 0.4) is 0 Å². The van der Waals surface area contributed by atoms with Gasteiger partial charge in [-0.3, -0.25) is 4.79 Å². The number of carbonyl (C=O) groups is 3. The summed E-state index contributed by atoms with van der Waals surface area (Å²) in [6, 6.07) is 4.46. The SMILES string of the molecule is CC(C)C[C@@H](NC(=O)Nc1cccc(C(N)=O)c1)C(=O)O. The van der Waals surface area contributed by atoms with E-state index in [-0.39, 0.29) is 11.5 Å². The minimum Gasteiger partial charge on any atom is -0.480 e. The highest BCUT2D eigenvalue weighted by atomic mass is 16.4. The molecule has 1 atom stereocenters. The van der Waals surface area contributed by atoms with Crippen LogP contribution in [0.4, 0.5) is 10.5 Å². The van der Waals surface area contributed by atoms with Crippen molar-refractivity contribution in [3.05, 3.63) is 29.8 Å². The van der Waals surface area contributed by atoms with E-state index in [1.54, 1.807) is 12.1 Å². The molecule has 0 saturated carbocycles. The molecule has 1 aromatic carbocycles. The summed E-state index contributed by atoms with van der Waals surface area (Å²) in [5, 5.41) is 13.9. The Morgan fingerprint density at radius 2 is 1.95 bits per heavy atom. The first-order chi connectivity index (χ1) is 9.79. The molecule has 21 heavy (non-hydrogen) atoms. The minimum atomic E-state index is -1.09. The maximum absolute atomic E-state index is 11.8. The van der Waals surface area contributed by atoms with E-state index in [9.17, 15) is 14.4 Å². The predicted molar refractivity (Wildman–Crippen MR) is 78.0 cm³/mol. The van der Waals surface area contributed by atoms with Crippen LogP contribution in [0.2, 0.25) is 0 Å². The van der Waals surface area contributed by atoms with Crippen LogP contribution in [-0.2, 0) is 4.79 Å². The molecule has 7 heteroatoms. The summed E-state index contributed by atoms with van der Waals surface area (Å²) in [6.45, 7) is 3.73. The molecular formula is C14H19N3O4. The van der Waals surface area contributed by atoms with E-state index in [0.29, 0.717) is 12.1 Å². The van der Waals surface area contributed by atoms with Crippen molar-refractivity contribution in [2.45, 2.75) is 26.3 Å². The Hall–Kier alpha value is -2.57. The Morgan fingerprint density at radius 3 is 2.48 bits per heavy atom. The molecule has 0 aliphatic rings. The first-order valence-electron chi connectivity index (χ1n) is 6.49. The van der Waals surface area contributed by atoms with Crippen LogP contribution in [-0.4, -0.2) is 29.1 Å². The number of urea groups is 1. The average Bonchev–Trinajstić information content (AvgIpc) is 2.37. The third kappa shape index (κ3) is 5.52. The molecule has 0 aliphatic heterocycles. The van der Waals surface area contributed by atoms with Crippen molar-refractivity contribution >= 4 is 23.6 Å². The van der Waals surface area contributed by atoms with E-state index >= 15 is 0 Å². The van der Waals surface area contributed by atoms with Crippen LogP contribution < -0.4 is 16.4 Å². The molecule has 0 bridgehead atoms. The quantitative estimate of drug-likeness (QED) is 0.633. The number of primary amides is 1. The average molecular weight is 293 g/mol. The lowest BCUT2D eigenvalue weighted by atomic mass is 10.0. The van der Waals surface area contributed by atoms with Gasteiger partial charge in [0, 0.05) is 11.3 Å². The lowest BCUT2D eigenvalue weighted by Crippen LogP contribution is -2.43. The Balaban J connectivity index is 2.70. The molecule has 0 saturated heterocycles. The van der Waals surface area contributed by atoms with Gasteiger partial charge in [0.25, 0.3) is 0 Å². The molecule has 0 heterocycles. The second kappa shape index (κ2) is 7.28. The first-order valence-corrected chi connectivity index (χ1v) is 6.49. The summed E-state index contributed by atoms with van der Waals surface area (Å²) in [6.07, 6.45) is 0.323. The summed E-state index contributed by atoms with van der Waals surface area (Å²) in [7, 11) is 0. The topological polar surface area (TPSA) is 122 Å². The van der Waals surface area contributed by atoms with Gasteiger partial charge in [0.05, 0.1) is 0 Å². The van der Waals surface area contributed by atoms with Gasteiger partial charge in [-0.05, 0) is 30.5 Å². The molecule has 5 N–H and O–H groups in total. The molecule has 0 unspecified atom stereocenters. The normalized spacial score (nSPS) is 11.8. The number of carboxylic acids is 1. The zero-order valence-electron chi connectivity index (χ0n) is 11.9. The van der Waals surface area contributed by atoms with E-state index < -0.39 is 23.9 Å². The second-order valence-corrected chi connectivity index (χ2v) is 5.06. The standard InChI is InChI=1S/C14H19N3O4/c1-8(2)6-11(13(19)20)17-14(21)16-10-5-3-4-9(7-10)12(15)18/h3-5,7-8,11H,6H2,1-2H3,(H2,15,18)(H,19,20)(H2,16,17,21)/t11-/m1/s1. The molecule has 0 aromatic heterocycles. The van der Waals surface area contributed by atoms with Crippen molar-refractivity contribution in [3.63, 3.8) is 0 Å². The number of carbonyl (C=O) groups excluding carboxylic acids is 2. The number of benzene rings is 1. The van der Waals surface area contributed by atoms with Crippen molar-refractivity contribution < 1.29 is 19.5 Å². The fraction of sp³-hybridized carbons (Fsp3) is 0.357. The Kier molecular flexibility index (Phi) is 5.71. The summed E-state index contributed by atoms with van der Waals surface area (Å²) in [5.41, 5.74) is 5.76. The van der Waals surface area contributed by atoms with Gasteiger partial charge in [-0.15, -0.1) is 0 Å². The number of hydrogen-bond acceptors (Lipinski definition) is 3. The number of carboxylic acid groups (broad SMARTS) is 1. The highest BCUT2D eigenvalue weighted by molar-refractivity contribution is 5.96. The summed E-state index contributed by atoms with van der Waals surface area (Å²) < 4.78 is 0. The highest BCUT2D eigenvalue weighted by Gasteiger charge is 2.21. The van der Waals surface area contributed by atoms with E-state index in [1.807, 2.05) is 13.8 Å². The number of anilines is 1. The number of nitrogens with one attached hydrogen (secondary N) is 2. The molecule has 0 radical (unpaired) electrons. The van der Waals surface area contributed by atoms with E-state index in [0.717, 1.165) is 0 Å². The fourth-order valence-electron chi connectivity index (χ4n) is 1.77. The van der Waals surface area contributed by atoms with E-state index in [1.165, 1.54) is 12.1 Å². The van der Waals surface area contributed by atoms with Crippen LogP contribution in [0.1, 0.15) is 30.6 Å². The first kappa shape index (κ1) is 16.5. The van der Waals surface area contributed by atoms with Gasteiger partial charge in [-0.2, -0.15) is 0 Å². The Labute approximate surface area is 122 Å². The molecule has 3 amide bonds. The number of nitrogens with two attached hydrogens (primary N) is 1. The van der Waals surface area contributed by atoms with Gasteiger partial charge in [-0.1, -0.05) is 19.9 Å². The molecule has 7 nitrogen and oxygen atoms in total. The summed E-state index contributed by atoms with van der Waals surface area (Å²) in [5.74, 6) is -1.57. The van der Waals surface area contributed by atoms with Gasteiger partial charge >= 0.3 is 12.0 Å². The number of hydrogen-bond donors (Lipinski definition) is 4. The lowest BCUT2D eigenvalue weighted by Gasteiger charge is -2.17. The largest absolute Gasteiger partial charge is 0.480 e. The monoisotopic (exact) mass is 293 g/mol. The Bertz CT molecular complexity index is 543. The molecule has 114 valence electrons. The molecule has 1 aromatic rings. The van der Waals surface area contributed by atoms with Crippen LogP contribution in [0.5, 0.6) is 0 Å². The molecule has 1 rings (SSSR count). The zero-order valence-corrected chi connectivity index (χ0v) is 11.9. The van der Waals surface area contributed by atoms with Gasteiger partial charge in [0.2, 0.25) is 5.91 Å². The molecule has 0 spiro atoms. The van der Waals surface area contributed by atoms with E-state index in [2.05, 4.69) is 10.6 Å². The van der Waals surface area contributed by atoms with Crippen molar-refractivity contribution in [1.82, 2.24) is 5.32 Å². The van der Waals surface area contributed by atoms with Gasteiger partial charge in [-0.25, -0.2) is 9.59 Å². The second-order valence-electron chi connectivity index (χ2n) is 5.06. The van der Waals surface area contributed by atoms with Crippen molar-refractivity contribution in [2.24, 2.45) is 11.7 Å². The maximum Gasteiger partial charge on any atom is 0.326 e. The van der Waals surface area contributed by atoms with Gasteiger partial charge < -0.3 is 21.5 Å². The summed E-state index contributed by atoms with van der Waals surface area (Å²) in [4.78, 5) is 33.9. The van der Waals surface area contributed by atoms with Crippen LogP contribution in [0.15, 0.2) is 24.3 Å². The van der Waals surface area contributed by atoms with Crippen LogP contribution >= 0.6 is 0 Å². The third-order valence-corrected chi connectivity index (χ3v) is 2.72. The number of rotatable bonds is 6. The highest BCUT2D eigenvalue weighted by Crippen LogP contribution is 2.11. The molecular weight excluding hydrogens is 274 g/mol. The van der Waals surface area contributed by atoms with Crippen LogP contribution in [0.25, 0.3) is 0 Å². The van der Waals surface area contributed by atoms with E-state index in [4.69, 9.17) is 10.8 Å². The third-order valence-electron chi connectivity index (χ3n) is 2.72. The Morgan fingerprint density at radius 1 is 1.29 bits per heavy atom. The van der Waals surface area contributed by atoms with Crippen molar-refractivity contribution in [3.8, 4) is 0 Å². The summed E-state index contributed by atoms with van der Waals surface area (Å²) >= 11 is 0. The lowest BCUT2D eigenvalue weighted by molar-refractivity contribution is -0.139. The van der Waals surface area contributed by atoms with Gasteiger partial charge in [0.1, 0.15) is 6.04 Å². The van der Waals surface area contributed by atoms with Crippen LogP contribution in [0, 0.1) is 5.92 Å². The van der Waals surface area contributed by atoms with Gasteiger partial charge in [0.15, 0.2) is 0 Å². The minimum absolute atomic E-state index is 0.129. The number of aliphatic carboxylic acids is 1. The number of amides is 3. The van der Waals surface area contributed by atoms with Crippen molar-refractivity contribution in [2.75, 3.05) is 5.32 Å². The fourth-order valence-corrected chi connectivity index (χ4v) is 1.77. The maximum atomic E-state index is 11.8. The zero-order chi connectivity index (χ0) is 16.0. The molecule has 0 aliphatic carbocycles. The predicted octanol–water partition coefficient (Wildman–Crippen LogP) is 1.41. The van der Waals surface area contributed by atoms with Crippen molar-refractivity contribution in [1.29, 1.82) is 0 Å².